The number of pyridine rings is 1. The monoisotopic (exact) mass is 277 g/mol. The van der Waals surface area contributed by atoms with Crippen molar-refractivity contribution in [3.05, 3.63) is 24.5 Å². The molecule has 5 nitrogen and oxygen atoms in total. The predicted octanol–water partition coefficient (Wildman–Crippen LogP) is 0.534. The number of hydrogen-bond donors (Lipinski definition) is 2. The minimum absolute atomic E-state index is 0. The lowest BCUT2D eigenvalue weighted by Gasteiger charge is -2.23. The van der Waals surface area contributed by atoms with Crippen LogP contribution in [0.3, 0.4) is 0 Å². The molecule has 2 heterocycles. The Hall–Kier alpha value is -0.690. The molecule has 1 saturated heterocycles. The van der Waals surface area contributed by atoms with Crippen molar-refractivity contribution >= 4 is 22.4 Å². The molecule has 2 rings (SSSR count). The number of aromatic nitrogens is 1. The fourth-order valence-electron chi connectivity index (χ4n) is 1.75. The standard InChI is InChI=1S/C10H15N3O2S.ClH/c14-16(15,10-4-2-6-12-8-10)13-9-3-1-5-11-7-9;/h2,4,6,8-9,11,13H,1,3,5,7H2;1H/t9-;/m0./s1. The summed E-state index contributed by atoms with van der Waals surface area (Å²) in [4.78, 5) is 4.03. The van der Waals surface area contributed by atoms with Crippen LogP contribution >= 0.6 is 12.4 Å². The van der Waals surface area contributed by atoms with Crippen molar-refractivity contribution in [2.75, 3.05) is 13.1 Å². The summed E-state index contributed by atoms with van der Waals surface area (Å²) in [5, 5.41) is 3.17. The highest BCUT2D eigenvalue weighted by atomic mass is 35.5. The van der Waals surface area contributed by atoms with Crippen molar-refractivity contribution in [2.45, 2.75) is 23.8 Å². The molecule has 0 saturated carbocycles. The fraction of sp³-hybridized carbons (Fsp3) is 0.500. The normalized spacial score (nSPS) is 20.6. The molecule has 0 unspecified atom stereocenters. The van der Waals surface area contributed by atoms with Gasteiger partial charge in [0.05, 0.1) is 0 Å². The number of halogens is 1. The summed E-state index contributed by atoms with van der Waals surface area (Å²) in [6.45, 7) is 1.66. The van der Waals surface area contributed by atoms with Crippen molar-refractivity contribution in [1.82, 2.24) is 15.0 Å². The summed E-state index contributed by atoms with van der Waals surface area (Å²) in [5.74, 6) is 0. The molecule has 1 aliphatic heterocycles. The lowest BCUT2D eigenvalue weighted by molar-refractivity contribution is 0.428. The van der Waals surface area contributed by atoms with Gasteiger partial charge in [-0.3, -0.25) is 4.98 Å². The predicted molar refractivity (Wildman–Crippen MR) is 67.7 cm³/mol. The van der Waals surface area contributed by atoms with Crippen molar-refractivity contribution in [3.63, 3.8) is 0 Å². The summed E-state index contributed by atoms with van der Waals surface area (Å²) in [7, 11) is -3.41. The van der Waals surface area contributed by atoms with Gasteiger partial charge in [-0.1, -0.05) is 0 Å². The van der Waals surface area contributed by atoms with E-state index in [9.17, 15) is 8.42 Å². The molecule has 1 aliphatic rings. The maximum atomic E-state index is 11.9. The number of sulfonamides is 1. The number of nitrogens with zero attached hydrogens (tertiary/aromatic N) is 1. The summed E-state index contributed by atoms with van der Waals surface area (Å²) in [6, 6.07) is 3.15. The van der Waals surface area contributed by atoms with E-state index in [2.05, 4.69) is 15.0 Å². The van der Waals surface area contributed by atoms with Gasteiger partial charge in [-0.05, 0) is 31.5 Å². The van der Waals surface area contributed by atoms with Crippen LogP contribution in [0.25, 0.3) is 0 Å². The second kappa shape index (κ2) is 6.30. The van der Waals surface area contributed by atoms with E-state index in [0.29, 0.717) is 6.54 Å². The topological polar surface area (TPSA) is 71.1 Å². The summed E-state index contributed by atoms with van der Waals surface area (Å²) in [6.07, 6.45) is 4.80. The van der Waals surface area contributed by atoms with Crippen molar-refractivity contribution in [1.29, 1.82) is 0 Å². The van der Waals surface area contributed by atoms with Gasteiger partial charge >= 0.3 is 0 Å². The molecule has 1 fully saturated rings. The van der Waals surface area contributed by atoms with E-state index in [-0.39, 0.29) is 23.3 Å². The average Bonchev–Trinajstić information content (AvgIpc) is 2.31. The van der Waals surface area contributed by atoms with Gasteiger partial charge < -0.3 is 5.32 Å². The lowest BCUT2D eigenvalue weighted by Crippen LogP contribution is -2.45. The van der Waals surface area contributed by atoms with Gasteiger partial charge in [-0.2, -0.15) is 0 Å². The Morgan fingerprint density at radius 2 is 2.29 bits per heavy atom. The minimum atomic E-state index is -3.41. The first-order valence-electron chi connectivity index (χ1n) is 5.31. The zero-order valence-corrected chi connectivity index (χ0v) is 10.9. The highest BCUT2D eigenvalue weighted by molar-refractivity contribution is 7.89. The van der Waals surface area contributed by atoms with E-state index < -0.39 is 10.0 Å². The summed E-state index contributed by atoms with van der Waals surface area (Å²) >= 11 is 0. The molecule has 1 atom stereocenters. The van der Waals surface area contributed by atoms with E-state index in [1.807, 2.05) is 0 Å². The van der Waals surface area contributed by atoms with E-state index in [1.165, 1.54) is 6.20 Å². The minimum Gasteiger partial charge on any atom is -0.315 e. The number of piperidine rings is 1. The van der Waals surface area contributed by atoms with Crippen LogP contribution in [-0.2, 0) is 10.0 Å². The van der Waals surface area contributed by atoms with Crippen LogP contribution in [0.4, 0.5) is 0 Å². The number of rotatable bonds is 3. The maximum absolute atomic E-state index is 11.9. The zero-order chi connectivity index (χ0) is 11.4. The molecule has 17 heavy (non-hydrogen) atoms. The van der Waals surface area contributed by atoms with Gasteiger partial charge in [0.1, 0.15) is 4.90 Å². The Morgan fingerprint density at radius 3 is 2.88 bits per heavy atom. The zero-order valence-electron chi connectivity index (χ0n) is 9.30. The van der Waals surface area contributed by atoms with E-state index in [1.54, 1.807) is 18.3 Å². The Morgan fingerprint density at radius 1 is 1.47 bits per heavy atom. The van der Waals surface area contributed by atoms with Crippen molar-refractivity contribution < 1.29 is 8.42 Å². The Bertz CT molecular complexity index is 432. The summed E-state index contributed by atoms with van der Waals surface area (Å²) < 4.78 is 26.5. The first-order valence-corrected chi connectivity index (χ1v) is 6.80. The molecular formula is C10H16ClN3O2S. The summed E-state index contributed by atoms with van der Waals surface area (Å²) in [5.41, 5.74) is 0. The van der Waals surface area contributed by atoms with Gasteiger partial charge in [0.2, 0.25) is 10.0 Å². The first-order chi connectivity index (χ1) is 7.68. The molecule has 0 aromatic carbocycles. The molecule has 7 heteroatoms. The van der Waals surface area contributed by atoms with Gasteiger partial charge in [-0.15, -0.1) is 12.4 Å². The fourth-order valence-corrected chi connectivity index (χ4v) is 2.98. The van der Waals surface area contributed by atoms with E-state index in [0.717, 1.165) is 19.4 Å². The van der Waals surface area contributed by atoms with Crippen LogP contribution in [0.15, 0.2) is 29.4 Å². The lowest BCUT2D eigenvalue weighted by atomic mass is 10.1. The third kappa shape index (κ3) is 3.92. The van der Waals surface area contributed by atoms with Crippen molar-refractivity contribution in [3.8, 4) is 0 Å². The van der Waals surface area contributed by atoms with Gasteiger partial charge in [0.25, 0.3) is 0 Å². The Kier molecular flexibility index (Phi) is 5.32. The second-order valence-corrected chi connectivity index (χ2v) is 5.57. The highest BCUT2D eigenvalue weighted by Gasteiger charge is 2.21. The second-order valence-electron chi connectivity index (χ2n) is 3.85. The van der Waals surface area contributed by atoms with Gasteiger partial charge in [0.15, 0.2) is 0 Å². The molecule has 0 amide bonds. The van der Waals surface area contributed by atoms with Crippen LogP contribution < -0.4 is 10.0 Å². The molecule has 0 aliphatic carbocycles. The largest absolute Gasteiger partial charge is 0.315 e. The Labute approximate surface area is 107 Å². The third-order valence-corrected chi connectivity index (χ3v) is 4.07. The van der Waals surface area contributed by atoms with E-state index >= 15 is 0 Å². The molecule has 1 aromatic rings. The average molecular weight is 278 g/mol. The molecule has 1 aromatic heterocycles. The van der Waals surface area contributed by atoms with E-state index in [4.69, 9.17) is 0 Å². The molecule has 96 valence electrons. The van der Waals surface area contributed by atoms with Crippen LogP contribution in [0.2, 0.25) is 0 Å². The molecule has 0 bridgehead atoms. The molecule has 2 N–H and O–H groups in total. The smallest absolute Gasteiger partial charge is 0.242 e. The molecular weight excluding hydrogens is 262 g/mol. The van der Waals surface area contributed by atoms with Crippen LogP contribution in [0.5, 0.6) is 0 Å². The first kappa shape index (κ1) is 14.4. The molecule has 0 spiro atoms. The van der Waals surface area contributed by atoms with Gasteiger partial charge in [0, 0.05) is 25.0 Å². The van der Waals surface area contributed by atoms with Crippen molar-refractivity contribution in [2.24, 2.45) is 0 Å². The van der Waals surface area contributed by atoms with Crippen LogP contribution in [0, 0.1) is 0 Å². The van der Waals surface area contributed by atoms with Crippen LogP contribution in [-0.4, -0.2) is 32.5 Å². The maximum Gasteiger partial charge on any atom is 0.242 e. The third-order valence-electron chi connectivity index (χ3n) is 2.56. The number of hydrogen-bond acceptors (Lipinski definition) is 4. The molecule has 0 radical (unpaired) electrons. The Balaban J connectivity index is 0.00000144. The van der Waals surface area contributed by atoms with Crippen LogP contribution in [0.1, 0.15) is 12.8 Å². The van der Waals surface area contributed by atoms with Gasteiger partial charge in [-0.25, -0.2) is 13.1 Å². The highest BCUT2D eigenvalue weighted by Crippen LogP contribution is 2.09. The number of nitrogens with one attached hydrogen (secondary N) is 2. The SMILES string of the molecule is Cl.O=S(=O)(N[C@H]1CCCNC1)c1cccnc1. The quantitative estimate of drug-likeness (QED) is 0.846.